The van der Waals surface area contributed by atoms with Crippen molar-refractivity contribution in [2.24, 2.45) is 5.41 Å². The molecule has 0 aromatic carbocycles. The van der Waals surface area contributed by atoms with Crippen LogP contribution in [0.4, 0.5) is 10.8 Å². The van der Waals surface area contributed by atoms with Crippen LogP contribution in [0, 0.1) is 5.41 Å². The van der Waals surface area contributed by atoms with Gasteiger partial charge in [0.05, 0.1) is 0 Å². The van der Waals surface area contributed by atoms with Gasteiger partial charge in [-0.3, -0.25) is 0 Å². The average molecular weight is 270 g/mol. The van der Waals surface area contributed by atoms with E-state index in [0.29, 0.717) is 0 Å². The number of nitrogen functional groups attached to an aromatic ring is 1. The molecule has 1 aromatic heterocycles. The second-order valence-corrected chi connectivity index (χ2v) is 6.42. The van der Waals surface area contributed by atoms with Crippen molar-refractivity contribution in [3.8, 4) is 0 Å². The number of anilines is 1. The maximum Gasteiger partial charge on any atom is 0.408 e. The quantitative estimate of drug-likeness (QED) is 0.854. The number of hydrogen-bond donors (Lipinski definition) is 2. The summed E-state index contributed by atoms with van der Waals surface area (Å²) in [5.74, 6) is 0.260. The van der Waals surface area contributed by atoms with E-state index in [9.17, 15) is 4.79 Å². The predicted molar refractivity (Wildman–Crippen MR) is 70.3 cm³/mol. The van der Waals surface area contributed by atoms with Crippen LogP contribution in [-0.4, -0.2) is 21.9 Å². The number of nitrogens with two attached hydrogens (primary N) is 1. The zero-order valence-corrected chi connectivity index (χ0v) is 12.3. The molecule has 1 heterocycles. The molecule has 108 valence electrons. The molecule has 19 heavy (non-hydrogen) atoms. The van der Waals surface area contributed by atoms with Gasteiger partial charge in [-0.05, 0) is 26.2 Å². The number of amides is 1. The Morgan fingerprint density at radius 3 is 2.21 bits per heavy atom. The van der Waals surface area contributed by atoms with E-state index in [2.05, 4.69) is 15.5 Å². The molecule has 0 aliphatic rings. The highest BCUT2D eigenvalue weighted by Crippen LogP contribution is 2.32. The summed E-state index contributed by atoms with van der Waals surface area (Å²) in [4.78, 5) is 11.8. The van der Waals surface area contributed by atoms with Crippen molar-refractivity contribution in [3.63, 3.8) is 0 Å². The Balaban J connectivity index is 2.86. The summed E-state index contributed by atoms with van der Waals surface area (Å²) in [6.45, 7) is 11.2. The summed E-state index contributed by atoms with van der Waals surface area (Å²) in [6.07, 6.45) is -0.538. The molecule has 0 saturated carbocycles. The largest absolute Gasteiger partial charge is 0.444 e. The summed E-state index contributed by atoms with van der Waals surface area (Å²) in [6, 6.07) is -0.512. The second kappa shape index (κ2) is 5.07. The molecule has 0 fully saturated rings. The molecule has 0 spiro atoms. The minimum absolute atomic E-state index is 0.0322. The number of carbonyl (C=O) groups excluding carboxylic acids is 1. The van der Waals surface area contributed by atoms with E-state index in [0.717, 1.165) is 0 Å². The van der Waals surface area contributed by atoms with Gasteiger partial charge < -0.3 is 20.2 Å². The molecule has 1 atom stereocenters. The SMILES string of the molecule is CC(C)(C)OC(=O)NC(c1nnc(N)o1)C(C)(C)C. The molecule has 1 rings (SSSR count). The highest BCUT2D eigenvalue weighted by Gasteiger charge is 2.33. The van der Waals surface area contributed by atoms with Gasteiger partial charge in [0.15, 0.2) is 0 Å². The van der Waals surface area contributed by atoms with Gasteiger partial charge in [-0.15, -0.1) is 5.10 Å². The molecular formula is C12H22N4O3. The topological polar surface area (TPSA) is 103 Å². The molecule has 1 unspecified atom stereocenters. The van der Waals surface area contributed by atoms with Crippen molar-refractivity contribution < 1.29 is 13.9 Å². The third-order valence-electron chi connectivity index (χ3n) is 2.23. The van der Waals surface area contributed by atoms with Gasteiger partial charge in [0.2, 0.25) is 5.89 Å². The molecule has 0 aliphatic heterocycles. The number of aromatic nitrogens is 2. The van der Waals surface area contributed by atoms with E-state index in [-0.39, 0.29) is 17.3 Å². The van der Waals surface area contributed by atoms with Crippen LogP contribution in [0.3, 0.4) is 0 Å². The number of hydrogen-bond acceptors (Lipinski definition) is 6. The van der Waals surface area contributed by atoms with Gasteiger partial charge in [0, 0.05) is 0 Å². The third-order valence-corrected chi connectivity index (χ3v) is 2.23. The van der Waals surface area contributed by atoms with Gasteiger partial charge in [-0.1, -0.05) is 25.9 Å². The number of nitrogens with zero attached hydrogens (tertiary/aromatic N) is 2. The number of ether oxygens (including phenoxy) is 1. The molecule has 1 aromatic rings. The van der Waals surface area contributed by atoms with Crippen LogP contribution in [0.25, 0.3) is 0 Å². The van der Waals surface area contributed by atoms with E-state index in [1.807, 2.05) is 20.8 Å². The zero-order valence-electron chi connectivity index (χ0n) is 12.3. The molecule has 7 nitrogen and oxygen atoms in total. The molecular weight excluding hydrogens is 248 g/mol. The zero-order chi connectivity index (χ0) is 14.8. The lowest BCUT2D eigenvalue weighted by atomic mass is 9.87. The lowest BCUT2D eigenvalue weighted by Crippen LogP contribution is -2.40. The van der Waals surface area contributed by atoms with E-state index in [1.54, 1.807) is 20.8 Å². The lowest BCUT2D eigenvalue weighted by Gasteiger charge is -2.29. The standard InChI is InChI=1S/C12H22N4O3/c1-11(2,3)7(8-15-16-9(13)18-8)14-10(17)19-12(4,5)6/h7H,1-6H3,(H2,13,16)(H,14,17). The van der Waals surface area contributed by atoms with Crippen molar-refractivity contribution in [2.75, 3.05) is 5.73 Å². The highest BCUT2D eigenvalue weighted by molar-refractivity contribution is 5.68. The summed E-state index contributed by atoms with van der Waals surface area (Å²) in [7, 11) is 0. The van der Waals surface area contributed by atoms with Crippen LogP contribution >= 0.6 is 0 Å². The second-order valence-electron chi connectivity index (χ2n) is 6.42. The first-order chi connectivity index (χ1) is 8.49. The Morgan fingerprint density at radius 1 is 1.26 bits per heavy atom. The van der Waals surface area contributed by atoms with Crippen LogP contribution in [0.1, 0.15) is 53.5 Å². The maximum absolute atomic E-state index is 11.8. The van der Waals surface area contributed by atoms with Crippen LogP contribution in [0.5, 0.6) is 0 Å². The highest BCUT2D eigenvalue weighted by atomic mass is 16.6. The van der Waals surface area contributed by atoms with Crippen LogP contribution in [0.15, 0.2) is 4.42 Å². The summed E-state index contributed by atoms with van der Waals surface area (Å²) >= 11 is 0. The number of rotatable bonds is 2. The first-order valence-corrected chi connectivity index (χ1v) is 6.07. The van der Waals surface area contributed by atoms with Gasteiger partial charge in [0.25, 0.3) is 0 Å². The van der Waals surface area contributed by atoms with Crippen LogP contribution in [0.2, 0.25) is 0 Å². The van der Waals surface area contributed by atoms with Crippen LogP contribution < -0.4 is 11.1 Å². The smallest absolute Gasteiger partial charge is 0.408 e. The fourth-order valence-electron chi connectivity index (χ4n) is 1.44. The molecule has 0 saturated heterocycles. The molecule has 3 N–H and O–H groups in total. The van der Waals surface area contributed by atoms with Crippen molar-refractivity contribution in [2.45, 2.75) is 53.2 Å². The van der Waals surface area contributed by atoms with Crippen molar-refractivity contribution in [1.29, 1.82) is 0 Å². The first-order valence-electron chi connectivity index (χ1n) is 6.07. The minimum atomic E-state index is -0.569. The van der Waals surface area contributed by atoms with E-state index < -0.39 is 17.7 Å². The maximum atomic E-state index is 11.8. The Labute approximate surface area is 112 Å². The van der Waals surface area contributed by atoms with E-state index in [4.69, 9.17) is 14.9 Å². The van der Waals surface area contributed by atoms with Crippen LogP contribution in [-0.2, 0) is 4.74 Å². The fourth-order valence-corrected chi connectivity index (χ4v) is 1.44. The first kappa shape index (κ1) is 15.3. The molecule has 1 amide bonds. The number of carbonyl (C=O) groups is 1. The Hall–Kier alpha value is -1.79. The Morgan fingerprint density at radius 2 is 1.84 bits per heavy atom. The molecule has 0 radical (unpaired) electrons. The predicted octanol–water partition coefficient (Wildman–Crippen LogP) is 2.26. The fraction of sp³-hybridized carbons (Fsp3) is 0.750. The van der Waals surface area contributed by atoms with Crippen molar-refractivity contribution >= 4 is 12.1 Å². The van der Waals surface area contributed by atoms with Gasteiger partial charge in [-0.25, -0.2) is 4.79 Å². The number of alkyl carbamates (subject to hydrolysis) is 1. The number of nitrogens with one attached hydrogen (secondary N) is 1. The van der Waals surface area contributed by atoms with Gasteiger partial charge in [0.1, 0.15) is 11.6 Å². The summed E-state index contributed by atoms with van der Waals surface area (Å²) < 4.78 is 10.4. The molecule has 0 aliphatic carbocycles. The lowest BCUT2D eigenvalue weighted by molar-refractivity contribution is 0.0447. The summed E-state index contributed by atoms with van der Waals surface area (Å²) in [5, 5.41) is 10.2. The van der Waals surface area contributed by atoms with E-state index >= 15 is 0 Å². The monoisotopic (exact) mass is 270 g/mol. The molecule has 7 heteroatoms. The average Bonchev–Trinajstić information content (AvgIpc) is 2.56. The van der Waals surface area contributed by atoms with E-state index in [1.165, 1.54) is 0 Å². The normalized spacial score (nSPS) is 14.0. The third kappa shape index (κ3) is 4.76. The van der Waals surface area contributed by atoms with Gasteiger partial charge in [-0.2, -0.15) is 0 Å². The van der Waals surface area contributed by atoms with Crippen molar-refractivity contribution in [1.82, 2.24) is 15.5 Å². The Kier molecular flexibility index (Phi) is 4.07. The Bertz CT molecular complexity index is 443. The minimum Gasteiger partial charge on any atom is -0.444 e. The van der Waals surface area contributed by atoms with Crippen molar-refractivity contribution in [3.05, 3.63) is 5.89 Å². The van der Waals surface area contributed by atoms with Gasteiger partial charge >= 0.3 is 12.1 Å². The summed E-state index contributed by atoms with van der Waals surface area (Å²) in [5.41, 5.74) is 4.52. The molecule has 0 bridgehead atoms.